The molecule has 0 bridgehead atoms. The summed E-state index contributed by atoms with van der Waals surface area (Å²) in [5.74, 6) is 3.23. The maximum atomic E-state index is 5.99. The highest BCUT2D eigenvalue weighted by Crippen LogP contribution is 2.26. The van der Waals surface area contributed by atoms with E-state index in [1.165, 1.54) is 36.8 Å². The minimum atomic E-state index is 0.654. The van der Waals surface area contributed by atoms with Gasteiger partial charge in [-0.1, -0.05) is 48.6 Å². The zero-order valence-corrected chi connectivity index (χ0v) is 16.6. The average molecular weight is 375 g/mol. The Morgan fingerprint density at radius 2 is 1.00 bits per heavy atom. The van der Waals surface area contributed by atoms with Crippen molar-refractivity contribution < 1.29 is 9.47 Å². The van der Waals surface area contributed by atoms with Gasteiger partial charge in [0.2, 0.25) is 0 Å². The van der Waals surface area contributed by atoms with Crippen LogP contribution < -0.4 is 9.47 Å². The molecule has 0 amide bonds. The van der Waals surface area contributed by atoms with Crippen molar-refractivity contribution in [3.8, 4) is 22.6 Å². The topological polar surface area (TPSA) is 18.5 Å². The van der Waals surface area contributed by atoms with Crippen molar-refractivity contribution >= 4 is 0 Å². The smallest absolute Gasteiger partial charge is 0.119 e. The molecule has 0 N–H and O–H groups in total. The SMILES string of the molecule is C1=CCC(COc2ccc(-c3ccc(OCC4CC=CCC4)cc3)cc2)CC1. The zero-order valence-electron chi connectivity index (χ0n) is 16.6. The highest BCUT2D eigenvalue weighted by Gasteiger charge is 2.11. The second-order valence-corrected chi connectivity index (χ2v) is 7.97. The molecule has 2 aliphatic carbocycles. The molecule has 4 rings (SSSR count). The van der Waals surface area contributed by atoms with Crippen molar-refractivity contribution in [2.24, 2.45) is 11.8 Å². The third-order valence-electron chi connectivity index (χ3n) is 5.77. The first-order valence-corrected chi connectivity index (χ1v) is 10.6. The zero-order chi connectivity index (χ0) is 19.0. The van der Waals surface area contributed by atoms with Crippen LogP contribution in [0, 0.1) is 11.8 Å². The van der Waals surface area contributed by atoms with Crippen LogP contribution in [0.25, 0.3) is 11.1 Å². The van der Waals surface area contributed by atoms with Gasteiger partial charge < -0.3 is 9.47 Å². The lowest BCUT2D eigenvalue weighted by atomic mass is 9.95. The van der Waals surface area contributed by atoms with Crippen LogP contribution in [-0.4, -0.2) is 13.2 Å². The van der Waals surface area contributed by atoms with E-state index in [9.17, 15) is 0 Å². The van der Waals surface area contributed by atoms with E-state index in [1.807, 2.05) is 0 Å². The molecular weight excluding hydrogens is 344 g/mol. The Balaban J connectivity index is 1.28. The third kappa shape index (κ3) is 5.28. The second-order valence-electron chi connectivity index (χ2n) is 7.97. The summed E-state index contributed by atoms with van der Waals surface area (Å²) < 4.78 is 12.0. The summed E-state index contributed by atoms with van der Waals surface area (Å²) in [6.07, 6.45) is 16.2. The number of ether oxygens (including phenoxy) is 2. The van der Waals surface area contributed by atoms with Gasteiger partial charge in [0.25, 0.3) is 0 Å². The molecule has 2 heteroatoms. The van der Waals surface area contributed by atoms with E-state index in [4.69, 9.17) is 9.47 Å². The Kier molecular flexibility index (Phi) is 6.49. The maximum absolute atomic E-state index is 5.99. The Bertz CT molecular complexity index is 717. The monoisotopic (exact) mass is 374 g/mol. The summed E-state index contributed by atoms with van der Waals surface area (Å²) in [6, 6.07) is 16.9. The van der Waals surface area contributed by atoms with Gasteiger partial charge in [0.1, 0.15) is 11.5 Å². The Morgan fingerprint density at radius 1 is 0.571 bits per heavy atom. The van der Waals surface area contributed by atoms with Crippen molar-refractivity contribution in [3.05, 3.63) is 72.8 Å². The van der Waals surface area contributed by atoms with Crippen LogP contribution in [0.3, 0.4) is 0 Å². The van der Waals surface area contributed by atoms with Gasteiger partial charge in [-0.2, -0.15) is 0 Å². The van der Waals surface area contributed by atoms with Gasteiger partial charge in [-0.3, -0.25) is 0 Å². The molecular formula is C26H30O2. The molecule has 0 spiro atoms. The summed E-state index contributed by atoms with van der Waals surface area (Å²) in [7, 11) is 0. The number of hydrogen-bond acceptors (Lipinski definition) is 2. The molecule has 0 saturated heterocycles. The van der Waals surface area contributed by atoms with Crippen LogP contribution in [0.2, 0.25) is 0 Å². The summed E-state index contributed by atoms with van der Waals surface area (Å²) in [5.41, 5.74) is 2.41. The summed E-state index contributed by atoms with van der Waals surface area (Å²) in [4.78, 5) is 0. The number of rotatable bonds is 7. The van der Waals surface area contributed by atoms with Crippen LogP contribution >= 0.6 is 0 Å². The fraction of sp³-hybridized carbons (Fsp3) is 0.385. The van der Waals surface area contributed by atoms with E-state index in [2.05, 4.69) is 72.8 Å². The molecule has 2 atom stereocenters. The summed E-state index contributed by atoms with van der Waals surface area (Å²) in [5, 5.41) is 0. The molecule has 0 saturated carbocycles. The van der Waals surface area contributed by atoms with Gasteiger partial charge in [-0.05, 0) is 85.8 Å². The Morgan fingerprint density at radius 3 is 1.36 bits per heavy atom. The van der Waals surface area contributed by atoms with Crippen LogP contribution in [0.4, 0.5) is 0 Å². The van der Waals surface area contributed by atoms with Crippen LogP contribution in [0.15, 0.2) is 72.8 Å². The third-order valence-corrected chi connectivity index (χ3v) is 5.77. The lowest BCUT2D eigenvalue weighted by Gasteiger charge is -2.18. The first-order valence-electron chi connectivity index (χ1n) is 10.6. The molecule has 2 unspecified atom stereocenters. The van der Waals surface area contributed by atoms with Gasteiger partial charge in [-0.15, -0.1) is 0 Å². The molecule has 0 aliphatic heterocycles. The van der Waals surface area contributed by atoms with E-state index < -0.39 is 0 Å². The highest BCUT2D eigenvalue weighted by molar-refractivity contribution is 5.64. The minimum absolute atomic E-state index is 0.654. The van der Waals surface area contributed by atoms with Gasteiger partial charge in [0, 0.05) is 0 Å². The Labute approximate surface area is 168 Å². The van der Waals surface area contributed by atoms with E-state index in [0.717, 1.165) is 37.6 Å². The van der Waals surface area contributed by atoms with Crippen LogP contribution in [-0.2, 0) is 0 Å². The fourth-order valence-electron chi connectivity index (χ4n) is 3.93. The normalized spacial score (nSPS) is 21.4. The van der Waals surface area contributed by atoms with Crippen molar-refractivity contribution in [1.82, 2.24) is 0 Å². The predicted octanol–water partition coefficient (Wildman–Crippen LogP) is 6.82. The van der Waals surface area contributed by atoms with E-state index in [-0.39, 0.29) is 0 Å². The van der Waals surface area contributed by atoms with Crippen molar-refractivity contribution in [1.29, 1.82) is 0 Å². The van der Waals surface area contributed by atoms with Crippen LogP contribution in [0.5, 0.6) is 11.5 Å². The van der Waals surface area contributed by atoms with E-state index >= 15 is 0 Å². The number of benzene rings is 2. The first-order chi connectivity index (χ1) is 13.9. The van der Waals surface area contributed by atoms with Crippen molar-refractivity contribution in [3.63, 3.8) is 0 Å². The van der Waals surface area contributed by atoms with Crippen LogP contribution in [0.1, 0.15) is 38.5 Å². The lowest BCUT2D eigenvalue weighted by Crippen LogP contribution is -2.13. The standard InChI is InChI=1S/C26H30O2/c1-3-7-21(8-4-1)19-27-25-15-11-23(12-16-25)24-13-17-26(18-14-24)28-20-22-9-5-2-6-10-22/h1-3,5,11-18,21-22H,4,6-10,19-20H2. The fourth-order valence-corrected chi connectivity index (χ4v) is 3.93. The highest BCUT2D eigenvalue weighted by atomic mass is 16.5. The molecule has 2 nitrogen and oxygen atoms in total. The molecule has 2 aromatic rings. The lowest BCUT2D eigenvalue weighted by molar-refractivity contribution is 0.239. The average Bonchev–Trinajstić information content (AvgIpc) is 2.78. The predicted molar refractivity (Wildman–Crippen MR) is 116 cm³/mol. The molecule has 2 aromatic carbocycles. The van der Waals surface area contributed by atoms with Crippen molar-refractivity contribution in [2.45, 2.75) is 38.5 Å². The minimum Gasteiger partial charge on any atom is -0.493 e. The molecule has 28 heavy (non-hydrogen) atoms. The molecule has 0 fully saturated rings. The quantitative estimate of drug-likeness (QED) is 0.495. The Hall–Kier alpha value is -2.48. The first kappa shape index (κ1) is 18.9. The van der Waals surface area contributed by atoms with Gasteiger partial charge >= 0.3 is 0 Å². The number of hydrogen-bond donors (Lipinski definition) is 0. The largest absolute Gasteiger partial charge is 0.493 e. The second kappa shape index (κ2) is 9.64. The molecule has 146 valence electrons. The summed E-state index contributed by atoms with van der Waals surface area (Å²) in [6.45, 7) is 1.62. The molecule has 2 aliphatic rings. The summed E-state index contributed by atoms with van der Waals surface area (Å²) >= 11 is 0. The van der Waals surface area contributed by atoms with E-state index in [0.29, 0.717) is 11.8 Å². The van der Waals surface area contributed by atoms with E-state index in [1.54, 1.807) is 0 Å². The van der Waals surface area contributed by atoms with Crippen molar-refractivity contribution in [2.75, 3.05) is 13.2 Å². The van der Waals surface area contributed by atoms with Gasteiger partial charge in [0.15, 0.2) is 0 Å². The maximum Gasteiger partial charge on any atom is 0.119 e. The number of allylic oxidation sites excluding steroid dienone is 4. The van der Waals surface area contributed by atoms with Gasteiger partial charge in [-0.25, -0.2) is 0 Å². The molecule has 0 radical (unpaired) electrons. The van der Waals surface area contributed by atoms with Gasteiger partial charge in [0.05, 0.1) is 13.2 Å². The molecule has 0 heterocycles. The molecule has 0 aromatic heterocycles.